The van der Waals surface area contributed by atoms with E-state index in [2.05, 4.69) is 15.2 Å². The molecule has 1 N–H and O–H groups in total. The number of aromatic nitrogens is 1. The maximum Gasteiger partial charge on any atom is 0.340 e. The largest absolute Gasteiger partial charge is 0.491 e. The van der Waals surface area contributed by atoms with E-state index in [1.165, 1.54) is 11.3 Å². The van der Waals surface area contributed by atoms with Crippen molar-refractivity contribution in [2.24, 2.45) is 0 Å². The van der Waals surface area contributed by atoms with E-state index < -0.39 is 5.82 Å². The van der Waals surface area contributed by atoms with Crippen molar-refractivity contribution >= 4 is 33.2 Å². The van der Waals surface area contributed by atoms with Crippen LogP contribution in [0, 0.1) is 5.82 Å². The van der Waals surface area contributed by atoms with E-state index >= 15 is 0 Å². The number of halogens is 1. The van der Waals surface area contributed by atoms with Gasteiger partial charge >= 0.3 is 5.97 Å². The Balaban J connectivity index is 1.42. The van der Waals surface area contributed by atoms with E-state index in [0.29, 0.717) is 31.9 Å². The Morgan fingerprint density at radius 1 is 1.09 bits per heavy atom. The molecule has 2 aromatic carbocycles. The van der Waals surface area contributed by atoms with Gasteiger partial charge in [-0.15, -0.1) is 11.3 Å². The average Bonchev–Trinajstić information content (AvgIpc) is 3.30. The van der Waals surface area contributed by atoms with Crippen molar-refractivity contribution in [3.63, 3.8) is 0 Å². The first kappa shape index (κ1) is 25.2. The summed E-state index contributed by atoms with van der Waals surface area (Å²) >= 11 is 1.51. The minimum Gasteiger partial charge on any atom is -0.491 e. The Morgan fingerprint density at radius 2 is 1.77 bits per heavy atom. The van der Waals surface area contributed by atoms with Gasteiger partial charge in [-0.2, -0.15) is 4.39 Å². The number of ether oxygens (including phenoxy) is 3. The van der Waals surface area contributed by atoms with Crippen LogP contribution in [0.15, 0.2) is 29.8 Å². The summed E-state index contributed by atoms with van der Waals surface area (Å²) in [5.41, 5.74) is 4.93. The third kappa shape index (κ3) is 6.02. The van der Waals surface area contributed by atoms with Crippen LogP contribution in [0.2, 0.25) is 0 Å². The van der Waals surface area contributed by atoms with Crippen LogP contribution < -0.4 is 14.8 Å². The quantitative estimate of drug-likeness (QED) is 0.369. The van der Waals surface area contributed by atoms with Crippen molar-refractivity contribution in [1.82, 2.24) is 9.88 Å². The summed E-state index contributed by atoms with van der Waals surface area (Å²) in [7, 11) is 0. The molecule has 1 aliphatic rings. The molecule has 7 nitrogen and oxygen atoms in total. The lowest BCUT2D eigenvalue weighted by molar-refractivity contribution is 0.0527. The summed E-state index contributed by atoms with van der Waals surface area (Å²) in [4.78, 5) is 19.3. The standard InChI is InChI=1S/C26H32FN3O4S/c1-4-32-22-11-17(12-23(25(22)27)33-5-2)15-30-9-7-18(8-10-30)29-20-14-21-24(35-16-28-21)13-19(20)26(31)34-6-3/h11-14,16,18,29H,4-10,15H2,1-3H3. The zero-order valence-electron chi connectivity index (χ0n) is 20.4. The Labute approximate surface area is 209 Å². The third-order valence-corrected chi connectivity index (χ3v) is 6.78. The summed E-state index contributed by atoms with van der Waals surface area (Å²) < 4.78 is 31.8. The summed E-state index contributed by atoms with van der Waals surface area (Å²) in [5.74, 6) is -0.313. The van der Waals surface area contributed by atoms with Crippen molar-refractivity contribution in [2.75, 3.05) is 38.2 Å². The smallest absolute Gasteiger partial charge is 0.340 e. The van der Waals surface area contributed by atoms with Gasteiger partial charge < -0.3 is 19.5 Å². The molecular formula is C26H32FN3O4S. The number of rotatable bonds is 10. The van der Waals surface area contributed by atoms with Crippen LogP contribution in [0.25, 0.3) is 10.2 Å². The fourth-order valence-corrected chi connectivity index (χ4v) is 5.05. The molecule has 1 fully saturated rings. The molecule has 0 amide bonds. The van der Waals surface area contributed by atoms with Gasteiger partial charge in [-0.05, 0) is 63.4 Å². The lowest BCUT2D eigenvalue weighted by Gasteiger charge is -2.33. The molecule has 4 rings (SSSR count). The predicted molar refractivity (Wildman–Crippen MR) is 136 cm³/mol. The molecule has 35 heavy (non-hydrogen) atoms. The van der Waals surface area contributed by atoms with Crippen molar-refractivity contribution in [3.8, 4) is 11.5 Å². The number of anilines is 1. The number of carbonyl (C=O) groups excluding carboxylic acids is 1. The molecule has 0 atom stereocenters. The van der Waals surface area contributed by atoms with E-state index in [0.717, 1.165) is 47.4 Å². The Bertz CT molecular complexity index is 1130. The van der Waals surface area contributed by atoms with Crippen LogP contribution in [-0.4, -0.2) is 54.8 Å². The Kier molecular flexibility index (Phi) is 8.41. The average molecular weight is 502 g/mol. The highest BCUT2D eigenvalue weighted by Gasteiger charge is 2.23. The number of piperidine rings is 1. The van der Waals surface area contributed by atoms with E-state index in [1.54, 1.807) is 17.6 Å². The first-order chi connectivity index (χ1) is 17.0. The van der Waals surface area contributed by atoms with E-state index in [-0.39, 0.29) is 23.5 Å². The zero-order chi connectivity index (χ0) is 24.8. The molecule has 0 radical (unpaired) electrons. The summed E-state index contributed by atoms with van der Waals surface area (Å²) in [6, 6.07) is 7.55. The van der Waals surface area contributed by atoms with Gasteiger partial charge in [0.25, 0.3) is 0 Å². The SMILES string of the molecule is CCOC(=O)c1cc2scnc2cc1NC1CCN(Cc2cc(OCC)c(F)c(OCC)c2)CC1. The van der Waals surface area contributed by atoms with Crippen LogP contribution in [0.4, 0.5) is 10.1 Å². The zero-order valence-corrected chi connectivity index (χ0v) is 21.3. The maximum absolute atomic E-state index is 14.6. The van der Waals surface area contributed by atoms with Gasteiger partial charge in [-0.3, -0.25) is 4.90 Å². The van der Waals surface area contributed by atoms with Crippen LogP contribution in [-0.2, 0) is 11.3 Å². The first-order valence-electron chi connectivity index (χ1n) is 12.1. The van der Waals surface area contributed by atoms with Crippen LogP contribution >= 0.6 is 11.3 Å². The number of carbonyl (C=O) groups is 1. The lowest BCUT2D eigenvalue weighted by atomic mass is 10.0. The molecule has 0 spiro atoms. The number of likely N-dealkylation sites (tertiary alicyclic amines) is 1. The normalized spacial score (nSPS) is 14.7. The molecule has 0 unspecified atom stereocenters. The van der Waals surface area contributed by atoms with E-state index in [9.17, 15) is 9.18 Å². The molecule has 1 aromatic heterocycles. The highest BCUT2D eigenvalue weighted by Crippen LogP contribution is 2.31. The maximum atomic E-state index is 14.6. The van der Waals surface area contributed by atoms with Gasteiger partial charge in [0.1, 0.15) is 0 Å². The predicted octanol–water partition coefficient (Wildman–Crippen LogP) is 5.49. The molecule has 1 saturated heterocycles. The molecule has 188 valence electrons. The van der Waals surface area contributed by atoms with Crippen molar-refractivity contribution in [3.05, 3.63) is 46.7 Å². The highest BCUT2D eigenvalue weighted by molar-refractivity contribution is 7.16. The second kappa shape index (κ2) is 11.7. The number of nitrogens with one attached hydrogen (secondary N) is 1. The molecule has 2 heterocycles. The molecule has 3 aromatic rings. The number of thiazole rings is 1. The number of hydrogen-bond acceptors (Lipinski definition) is 8. The van der Waals surface area contributed by atoms with Gasteiger partial charge in [-0.25, -0.2) is 9.78 Å². The van der Waals surface area contributed by atoms with Crippen molar-refractivity contribution < 1.29 is 23.4 Å². The van der Waals surface area contributed by atoms with Gasteiger partial charge in [-0.1, -0.05) is 0 Å². The number of benzene rings is 2. The molecule has 0 aliphatic carbocycles. The Morgan fingerprint density at radius 3 is 2.40 bits per heavy atom. The Hall–Kier alpha value is -2.91. The fourth-order valence-electron chi connectivity index (χ4n) is 4.35. The molecule has 0 bridgehead atoms. The third-order valence-electron chi connectivity index (χ3n) is 5.98. The number of esters is 1. The van der Waals surface area contributed by atoms with Crippen LogP contribution in [0.3, 0.4) is 0 Å². The van der Waals surface area contributed by atoms with E-state index in [4.69, 9.17) is 14.2 Å². The summed E-state index contributed by atoms with van der Waals surface area (Å²) in [6.45, 7) is 9.03. The lowest BCUT2D eigenvalue weighted by Crippen LogP contribution is -2.39. The van der Waals surface area contributed by atoms with Gasteiger partial charge in [0.05, 0.1) is 46.8 Å². The molecule has 1 aliphatic heterocycles. The number of fused-ring (bicyclic) bond motifs is 1. The van der Waals surface area contributed by atoms with Gasteiger partial charge in [0, 0.05) is 25.7 Å². The first-order valence-corrected chi connectivity index (χ1v) is 13.0. The fraction of sp³-hybridized carbons (Fsp3) is 0.462. The number of hydrogen-bond donors (Lipinski definition) is 1. The van der Waals surface area contributed by atoms with Gasteiger partial charge in [0.2, 0.25) is 5.82 Å². The molecule has 0 saturated carbocycles. The number of nitrogens with zero attached hydrogens (tertiary/aromatic N) is 2. The summed E-state index contributed by atoms with van der Waals surface area (Å²) in [5, 5.41) is 3.56. The second-order valence-corrected chi connectivity index (χ2v) is 9.29. The highest BCUT2D eigenvalue weighted by atomic mass is 32.1. The monoisotopic (exact) mass is 501 g/mol. The van der Waals surface area contributed by atoms with E-state index in [1.807, 2.05) is 32.9 Å². The van der Waals surface area contributed by atoms with Crippen molar-refractivity contribution in [1.29, 1.82) is 0 Å². The van der Waals surface area contributed by atoms with Crippen LogP contribution in [0.5, 0.6) is 11.5 Å². The van der Waals surface area contributed by atoms with Crippen molar-refractivity contribution in [2.45, 2.75) is 46.2 Å². The van der Waals surface area contributed by atoms with Gasteiger partial charge in [0.15, 0.2) is 11.5 Å². The summed E-state index contributed by atoms with van der Waals surface area (Å²) in [6.07, 6.45) is 1.82. The van der Waals surface area contributed by atoms with Crippen LogP contribution in [0.1, 0.15) is 49.5 Å². The minimum absolute atomic E-state index is 0.224. The molecule has 9 heteroatoms. The minimum atomic E-state index is -0.449. The topological polar surface area (TPSA) is 72.9 Å². The molecular weight excluding hydrogens is 469 g/mol. The second-order valence-electron chi connectivity index (χ2n) is 8.41.